The molecule has 0 aliphatic heterocycles. The summed E-state index contributed by atoms with van der Waals surface area (Å²) in [6, 6.07) is 6.76. The number of rotatable bonds is 4. The second-order valence-electron chi connectivity index (χ2n) is 2.93. The summed E-state index contributed by atoms with van der Waals surface area (Å²) in [7, 11) is 4.35. The molecule has 0 radical (unpaired) electrons. The lowest BCUT2D eigenvalue weighted by molar-refractivity contribution is -0.106. The van der Waals surface area contributed by atoms with Crippen molar-refractivity contribution < 1.29 is 23.7 Å². The van der Waals surface area contributed by atoms with Crippen LogP contribution in [0.2, 0.25) is 0 Å². The fourth-order valence-electron chi connectivity index (χ4n) is 1.20. The van der Waals surface area contributed by atoms with E-state index >= 15 is 0 Å². The van der Waals surface area contributed by atoms with E-state index in [-0.39, 0.29) is 0 Å². The molecule has 5 nitrogen and oxygen atoms in total. The zero-order chi connectivity index (χ0) is 12.0. The molecule has 0 aliphatic carbocycles. The van der Waals surface area contributed by atoms with Crippen LogP contribution in [-0.4, -0.2) is 27.5 Å². The van der Waals surface area contributed by atoms with Gasteiger partial charge in [-0.2, -0.15) is 0 Å². The van der Waals surface area contributed by atoms with Crippen molar-refractivity contribution in [3.05, 3.63) is 29.8 Å². The Morgan fingerprint density at radius 1 is 1.06 bits per heavy atom. The highest BCUT2D eigenvalue weighted by Gasteiger charge is 2.09. The van der Waals surface area contributed by atoms with Crippen LogP contribution >= 0.6 is 0 Å². The number of methoxy groups -OCH3 is 3. The van der Waals surface area contributed by atoms with Gasteiger partial charge in [0.05, 0.1) is 7.11 Å². The van der Waals surface area contributed by atoms with Crippen molar-refractivity contribution in [2.75, 3.05) is 21.3 Å². The van der Waals surface area contributed by atoms with E-state index in [4.69, 9.17) is 14.2 Å². The summed E-state index contributed by atoms with van der Waals surface area (Å²) >= 11 is 0. The average molecular weight is 226 g/mol. The standard InChI is InChI=1S/C11H14O5/c1-13-10(14-2)8-4-6-9(7-5-8)16-11(12)15-3/h4-7,10H,1-3H3. The third kappa shape index (κ3) is 3.22. The molecule has 88 valence electrons. The fourth-order valence-corrected chi connectivity index (χ4v) is 1.20. The molecule has 1 aromatic rings. The lowest BCUT2D eigenvalue weighted by atomic mass is 10.2. The Morgan fingerprint density at radius 3 is 2.06 bits per heavy atom. The van der Waals surface area contributed by atoms with Crippen LogP contribution < -0.4 is 4.74 Å². The Kier molecular flexibility index (Phi) is 4.75. The monoisotopic (exact) mass is 226 g/mol. The Balaban J connectivity index is 2.70. The van der Waals surface area contributed by atoms with Crippen LogP contribution in [0.4, 0.5) is 4.79 Å². The molecule has 0 spiro atoms. The molecule has 0 bridgehead atoms. The van der Waals surface area contributed by atoms with Crippen LogP contribution in [0.5, 0.6) is 5.75 Å². The van der Waals surface area contributed by atoms with E-state index in [9.17, 15) is 4.79 Å². The van der Waals surface area contributed by atoms with Crippen molar-refractivity contribution in [1.82, 2.24) is 0 Å². The van der Waals surface area contributed by atoms with Gasteiger partial charge in [0, 0.05) is 19.8 Å². The first-order chi connectivity index (χ1) is 7.71. The smallest absolute Gasteiger partial charge is 0.437 e. The first kappa shape index (κ1) is 12.5. The number of carbonyl (C=O) groups excluding carboxylic acids is 1. The molecule has 0 atom stereocenters. The van der Waals surface area contributed by atoms with Gasteiger partial charge in [-0.1, -0.05) is 12.1 Å². The SMILES string of the molecule is COC(=O)Oc1ccc(C(OC)OC)cc1. The van der Waals surface area contributed by atoms with Crippen molar-refractivity contribution in [2.45, 2.75) is 6.29 Å². The number of hydrogen-bond acceptors (Lipinski definition) is 5. The highest BCUT2D eigenvalue weighted by molar-refractivity contribution is 5.63. The van der Waals surface area contributed by atoms with E-state index in [1.54, 1.807) is 38.5 Å². The Morgan fingerprint density at radius 2 is 1.62 bits per heavy atom. The van der Waals surface area contributed by atoms with Gasteiger partial charge < -0.3 is 18.9 Å². The molecule has 5 heteroatoms. The summed E-state index contributed by atoms with van der Waals surface area (Å²) in [5, 5.41) is 0. The van der Waals surface area contributed by atoms with Crippen molar-refractivity contribution in [3.63, 3.8) is 0 Å². The second kappa shape index (κ2) is 6.09. The molecule has 1 aromatic carbocycles. The van der Waals surface area contributed by atoms with E-state index < -0.39 is 12.4 Å². The predicted octanol–water partition coefficient (Wildman–Crippen LogP) is 2.12. The van der Waals surface area contributed by atoms with Gasteiger partial charge in [0.25, 0.3) is 0 Å². The average Bonchev–Trinajstić information content (AvgIpc) is 2.32. The lowest BCUT2D eigenvalue weighted by Crippen LogP contribution is -2.08. The van der Waals surface area contributed by atoms with Crippen molar-refractivity contribution >= 4 is 6.16 Å². The highest BCUT2D eigenvalue weighted by Crippen LogP contribution is 2.20. The molecular weight excluding hydrogens is 212 g/mol. The summed E-state index contributed by atoms with van der Waals surface area (Å²) < 4.78 is 19.3. The summed E-state index contributed by atoms with van der Waals surface area (Å²) in [6.45, 7) is 0. The van der Waals surface area contributed by atoms with Gasteiger partial charge in [0.2, 0.25) is 0 Å². The molecule has 0 aliphatic rings. The summed E-state index contributed by atoms with van der Waals surface area (Å²) in [5.74, 6) is 0.404. The first-order valence-corrected chi connectivity index (χ1v) is 4.62. The van der Waals surface area contributed by atoms with Crippen LogP contribution in [0.3, 0.4) is 0 Å². The molecule has 0 N–H and O–H groups in total. The number of benzene rings is 1. The Labute approximate surface area is 93.9 Å². The molecular formula is C11H14O5. The molecule has 0 fully saturated rings. The Hall–Kier alpha value is -1.59. The third-order valence-electron chi connectivity index (χ3n) is 1.95. The largest absolute Gasteiger partial charge is 0.513 e. The van der Waals surface area contributed by atoms with Crippen LogP contribution in [0.1, 0.15) is 11.9 Å². The maximum absolute atomic E-state index is 10.8. The van der Waals surface area contributed by atoms with Crippen molar-refractivity contribution in [2.24, 2.45) is 0 Å². The van der Waals surface area contributed by atoms with Gasteiger partial charge >= 0.3 is 6.16 Å². The van der Waals surface area contributed by atoms with Crippen molar-refractivity contribution in [3.8, 4) is 5.75 Å². The molecule has 1 rings (SSSR count). The van der Waals surface area contributed by atoms with Gasteiger partial charge in [-0.15, -0.1) is 0 Å². The van der Waals surface area contributed by atoms with E-state index in [0.29, 0.717) is 5.75 Å². The van der Waals surface area contributed by atoms with E-state index in [0.717, 1.165) is 5.56 Å². The van der Waals surface area contributed by atoms with Gasteiger partial charge in [-0.05, 0) is 12.1 Å². The molecule has 0 saturated carbocycles. The number of hydrogen-bond donors (Lipinski definition) is 0. The van der Waals surface area contributed by atoms with Gasteiger partial charge in [0.15, 0.2) is 6.29 Å². The zero-order valence-corrected chi connectivity index (χ0v) is 9.43. The molecule has 16 heavy (non-hydrogen) atoms. The quantitative estimate of drug-likeness (QED) is 0.447. The van der Waals surface area contributed by atoms with E-state index in [2.05, 4.69) is 4.74 Å². The molecule has 0 saturated heterocycles. The second-order valence-corrected chi connectivity index (χ2v) is 2.93. The normalized spacial score (nSPS) is 10.2. The zero-order valence-electron chi connectivity index (χ0n) is 9.43. The van der Waals surface area contributed by atoms with Gasteiger partial charge in [-0.3, -0.25) is 0 Å². The predicted molar refractivity (Wildman–Crippen MR) is 56.2 cm³/mol. The number of carbonyl (C=O) groups is 1. The minimum Gasteiger partial charge on any atom is -0.437 e. The number of ether oxygens (including phenoxy) is 4. The lowest BCUT2D eigenvalue weighted by Gasteiger charge is -2.13. The Bertz CT molecular complexity index is 329. The maximum Gasteiger partial charge on any atom is 0.513 e. The van der Waals surface area contributed by atoms with Crippen LogP contribution in [0, 0.1) is 0 Å². The van der Waals surface area contributed by atoms with Gasteiger partial charge in [-0.25, -0.2) is 4.79 Å². The van der Waals surface area contributed by atoms with Crippen LogP contribution in [0.15, 0.2) is 24.3 Å². The summed E-state index contributed by atoms with van der Waals surface area (Å²) in [4.78, 5) is 10.8. The van der Waals surface area contributed by atoms with Crippen molar-refractivity contribution in [1.29, 1.82) is 0 Å². The third-order valence-corrected chi connectivity index (χ3v) is 1.95. The molecule has 0 amide bonds. The minimum atomic E-state index is -0.747. The fraction of sp³-hybridized carbons (Fsp3) is 0.364. The minimum absolute atomic E-state index is 0.404. The summed E-state index contributed by atoms with van der Waals surface area (Å²) in [5.41, 5.74) is 0.835. The van der Waals surface area contributed by atoms with Crippen LogP contribution in [-0.2, 0) is 14.2 Å². The van der Waals surface area contributed by atoms with Crippen LogP contribution in [0.25, 0.3) is 0 Å². The molecule has 0 heterocycles. The topological polar surface area (TPSA) is 54.0 Å². The molecule has 0 unspecified atom stereocenters. The van der Waals surface area contributed by atoms with E-state index in [1.165, 1.54) is 7.11 Å². The highest BCUT2D eigenvalue weighted by atomic mass is 16.7. The first-order valence-electron chi connectivity index (χ1n) is 4.62. The molecule has 0 aromatic heterocycles. The summed E-state index contributed by atoms with van der Waals surface area (Å²) in [6.07, 6.45) is -1.17. The van der Waals surface area contributed by atoms with Gasteiger partial charge in [0.1, 0.15) is 5.75 Å². The van der Waals surface area contributed by atoms with E-state index in [1.807, 2.05) is 0 Å². The maximum atomic E-state index is 10.8.